The highest BCUT2D eigenvalue weighted by molar-refractivity contribution is 9.15. The maximum atomic E-state index is 4.18. The Labute approximate surface area is 106 Å². The molecule has 0 amide bonds. The summed E-state index contributed by atoms with van der Waals surface area (Å²) in [5.74, 6) is 4.18. The SMILES string of the molecule is C=S(Sc1ccccc1)Sc1ccccc1. The fourth-order valence-electron chi connectivity index (χ4n) is 1.18. The first-order chi connectivity index (χ1) is 7.84. The van der Waals surface area contributed by atoms with Crippen LogP contribution in [0.25, 0.3) is 0 Å². The summed E-state index contributed by atoms with van der Waals surface area (Å²) in [5, 5.41) is 0. The maximum Gasteiger partial charge on any atom is 0.0185 e. The Morgan fingerprint density at radius 1 is 0.688 bits per heavy atom. The fourth-order valence-corrected chi connectivity index (χ4v) is 5.96. The average molecular weight is 264 g/mol. The van der Waals surface area contributed by atoms with Gasteiger partial charge in [-0.1, -0.05) is 72.4 Å². The van der Waals surface area contributed by atoms with Crippen LogP contribution >= 0.6 is 30.1 Å². The Morgan fingerprint density at radius 2 is 1.06 bits per heavy atom. The number of hydrogen-bond acceptors (Lipinski definition) is 2. The molecule has 0 aliphatic heterocycles. The van der Waals surface area contributed by atoms with E-state index in [0.29, 0.717) is 0 Å². The van der Waals surface area contributed by atoms with Crippen molar-refractivity contribution in [2.45, 2.75) is 9.79 Å². The van der Waals surface area contributed by atoms with Crippen LogP contribution in [0, 0.1) is 0 Å². The first-order valence-electron chi connectivity index (χ1n) is 4.85. The van der Waals surface area contributed by atoms with E-state index in [4.69, 9.17) is 0 Å². The minimum Gasteiger partial charge on any atom is -0.0674 e. The molecule has 82 valence electrons. The van der Waals surface area contributed by atoms with E-state index in [0.717, 1.165) is 0 Å². The lowest BCUT2D eigenvalue weighted by Gasteiger charge is -2.05. The van der Waals surface area contributed by atoms with Crippen LogP contribution < -0.4 is 0 Å². The number of hydrogen-bond donors (Lipinski definition) is 0. The number of rotatable bonds is 4. The Morgan fingerprint density at radius 3 is 1.44 bits per heavy atom. The summed E-state index contributed by atoms with van der Waals surface area (Å²) in [5.41, 5.74) is 0. The van der Waals surface area contributed by atoms with Crippen molar-refractivity contribution in [1.82, 2.24) is 0 Å². The summed E-state index contributed by atoms with van der Waals surface area (Å²) in [6.07, 6.45) is 0. The van der Waals surface area contributed by atoms with Crippen LogP contribution in [-0.4, -0.2) is 5.87 Å². The van der Waals surface area contributed by atoms with Crippen molar-refractivity contribution in [3.63, 3.8) is 0 Å². The molecule has 0 spiro atoms. The lowest BCUT2D eigenvalue weighted by atomic mass is 10.4. The molecule has 0 N–H and O–H groups in total. The predicted octanol–water partition coefficient (Wildman–Crippen LogP) is 5.10. The normalized spacial score (nSPS) is 10.6. The van der Waals surface area contributed by atoms with Crippen LogP contribution in [-0.2, 0) is 0 Å². The summed E-state index contributed by atoms with van der Waals surface area (Å²) in [6.45, 7) is 0. The summed E-state index contributed by atoms with van der Waals surface area (Å²) in [6, 6.07) is 20.8. The molecule has 2 aromatic rings. The van der Waals surface area contributed by atoms with Gasteiger partial charge in [0.25, 0.3) is 0 Å². The summed E-state index contributed by atoms with van der Waals surface area (Å²) in [4.78, 5) is 2.56. The van der Waals surface area contributed by atoms with Crippen molar-refractivity contribution >= 4 is 36.0 Å². The minimum absolute atomic E-state index is 0.0114. The summed E-state index contributed by atoms with van der Waals surface area (Å²) < 4.78 is 0. The molecule has 0 radical (unpaired) electrons. The molecule has 0 atom stereocenters. The predicted molar refractivity (Wildman–Crippen MR) is 79.3 cm³/mol. The molecule has 0 saturated heterocycles. The van der Waals surface area contributed by atoms with Crippen molar-refractivity contribution in [3.8, 4) is 0 Å². The topological polar surface area (TPSA) is 0 Å². The van der Waals surface area contributed by atoms with Crippen molar-refractivity contribution in [2.24, 2.45) is 0 Å². The molecule has 16 heavy (non-hydrogen) atoms. The zero-order valence-electron chi connectivity index (χ0n) is 8.71. The molecule has 0 aliphatic carbocycles. The highest BCUT2D eigenvalue weighted by Gasteiger charge is 1.98. The Kier molecular flexibility index (Phi) is 4.57. The summed E-state index contributed by atoms with van der Waals surface area (Å²) >= 11 is 0. The van der Waals surface area contributed by atoms with E-state index < -0.39 is 0 Å². The highest BCUT2D eigenvalue weighted by Crippen LogP contribution is 2.49. The van der Waals surface area contributed by atoms with Gasteiger partial charge < -0.3 is 0 Å². The Hall–Kier alpha value is -0.640. The molecule has 2 rings (SSSR count). The molecular weight excluding hydrogens is 252 g/mol. The van der Waals surface area contributed by atoms with Gasteiger partial charge in [0.2, 0.25) is 0 Å². The zero-order valence-corrected chi connectivity index (χ0v) is 11.2. The molecule has 0 heterocycles. The lowest BCUT2D eigenvalue weighted by Crippen LogP contribution is -1.67. The van der Waals surface area contributed by atoms with E-state index in [2.05, 4.69) is 54.4 Å². The van der Waals surface area contributed by atoms with E-state index in [1.807, 2.05) is 33.7 Å². The third-order valence-electron chi connectivity index (χ3n) is 1.86. The van der Waals surface area contributed by atoms with Gasteiger partial charge in [-0.05, 0) is 24.3 Å². The second-order valence-corrected chi connectivity index (χ2v) is 9.03. The third kappa shape index (κ3) is 3.74. The lowest BCUT2D eigenvalue weighted by molar-refractivity contribution is 1.48. The molecular formula is C13H12S3. The number of benzene rings is 2. The van der Waals surface area contributed by atoms with Gasteiger partial charge in [-0.25, -0.2) is 0 Å². The standard InChI is InChI=1S/C13H12S3/c1-16(14-12-8-4-2-5-9-12)15-13-10-6-3-7-11-13/h2-11H,1H2. The fraction of sp³-hybridized carbons (Fsp3) is 0. The second-order valence-electron chi connectivity index (χ2n) is 3.10. The van der Waals surface area contributed by atoms with Crippen molar-refractivity contribution in [2.75, 3.05) is 0 Å². The molecule has 0 fully saturated rings. The molecule has 0 unspecified atom stereocenters. The molecule has 0 saturated carbocycles. The van der Waals surface area contributed by atoms with Gasteiger partial charge >= 0.3 is 0 Å². The zero-order chi connectivity index (χ0) is 11.2. The molecule has 0 bridgehead atoms. The van der Waals surface area contributed by atoms with Gasteiger partial charge in [0, 0.05) is 9.79 Å². The van der Waals surface area contributed by atoms with E-state index in [-0.39, 0.29) is 8.55 Å². The molecule has 0 aliphatic rings. The van der Waals surface area contributed by atoms with E-state index in [9.17, 15) is 0 Å². The van der Waals surface area contributed by atoms with Gasteiger partial charge in [-0.15, -0.1) is 0 Å². The molecule has 3 heteroatoms. The van der Waals surface area contributed by atoms with Crippen LogP contribution in [0.3, 0.4) is 0 Å². The average Bonchev–Trinajstić information content (AvgIpc) is 2.31. The third-order valence-corrected chi connectivity index (χ3v) is 6.66. The first kappa shape index (κ1) is 11.8. The van der Waals surface area contributed by atoms with Crippen LogP contribution in [0.1, 0.15) is 0 Å². The van der Waals surface area contributed by atoms with Crippen molar-refractivity contribution < 1.29 is 0 Å². The van der Waals surface area contributed by atoms with Crippen LogP contribution in [0.2, 0.25) is 0 Å². The van der Waals surface area contributed by atoms with Gasteiger partial charge in [-0.3, -0.25) is 0 Å². The second kappa shape index (κ2) is 6.18. The van der Waals surface area contributed by atoms with Gasteiger partial charge in [0.05, 0.1) is 0 Å². The quantitative estimate of drug-likeness (QED) is 0.556. The molecule has 2 aromatic carbocycles. The van der Waals surface area contributed by atoms with E-state index in [1.54, 1.807) is 0 Å². The van der Waals surface area contributed by atoms with Crippen molar-refractivity contribution in [3.05, 3.63) is 60.7 Å². The minimum atomic E-state index is 0.0114. The first-order valence-corrected chi connectivity index (χ1v) is 8.91. The van der Waals surface area contributed by atoms with Gasteiger partial charge in [0.1, 0.15) is 0 Å². The van der Waals surface area contributed by atoms with Crippen molar-refractivity contribution in [1.29, 1.82) is 0 Å². The smallest absolute Gasteiger partial charge is 0.0185 e. The Balaban J connectivity index is 1.95. The van der Waals surface area contributed by atoms with E-state index >= 15 is 0 Å². The summed E-state index contributed by atoms with van der Waals surface area (Å²) in [7, 11) is 3.65. The van der Waals surface area contributed by atoms with Gasteiger partial charge in [-0.2, -0.15) is 0 Å². The molecule has 0 aromatic heterocycles. The van der Waals surface area contributed by atoms with Crippen LogP contribution in [0.15, 0.2) is 70.5 Å². The highest BCUT2D eigenvalue weighted by atomic mass is 33.5. The van der Waals surface area contributed by atoms with Gasteiger partial charge in [0.15, 0.2) is 0 Å². The molecule has 0 nitrogen and oxygen atoms in total. The van der Waals surface area contributed by atoms with E-state index in [1.165, 1.54) is 9.79 Å². The monoisotopic (exact) mass is 264 g/mol. The van der Waals surface area contributed by atoms with Crippen LogP contribution in [0.5, 0.6) is 0 Å². The van der Waals surface area contributed by atoms with Crippen LogP contribution in [0.4, 0.5) is 0 Å². The largest absolute Gasteiger partial charge is 0.0674 e. The Bertz CT molecular complexity index is 408. The maximum absolute atomic E-state index is 4.18.